The molecule has 2 aliphatic rings. The van der Waals surface area contributed by atoms with Gasteiger partial charge in [0.05, 0.1) is 12.4 Å². The van der Waals surface area contributed by atoms with Gasteiger partial charge in [0.25, 0.3) is 0 Å². The lowest BCUT2D eigenvalue weighted by atomic mass is 10.2. The van der Waals surface area contributed by atoms with Gasteiger partial charge in [0.2, 0.25) is 0 Å². The minimum Gasteiger partial charge on any atom is -0.486 e. The zero-order valence-corrected chi connectivity index (χ0v) is 10.7. The Kier molecular flexibility index (Phi) is 3.58. The minimum atomic E-state index is 0.664. The average molecular weight is 256 g/mol. The van der Waals surface area contributed by atoms with Crippen molar-refractivity contribution < 1.29 is 9.47 Å². The van der Waals surface area contributed by atoms with Crippen molar-refractivity contribution in [2.24, 2.45) is 0 Å². The summed E-state index contributed by atoms with van der Waals surface area (Å²) in [7, 11) is 0. The van der Waals surface area contributed by atoms with Crippen molar-refractivity contribution >= 4 is 0 Å². The van der Waals surface area contributed by atoms with Crippen LogP contribution in [0.1, 0.15) is 17.5 Å². The van der Waals surface area contributed by atoms with Gasteiger partial charge in [-0.2, -0.15) is 10.2 Å². The lowest BCUT2D eigenvalue weighted by Crippen LogP contribution is -2.14. The van der Waals surface area contributed by atoms with E-state index in [1.807, 2.05) is 36.7 Å². The molecule has 1 aromatic carbocycles. The number of aryl methyl sites for hydroxylation is 2. The number of para-hydroxylation sites is 2. The van der Waals surface area contributed by atoms with Crippen LogP contribution in [-0.2, 0) is 12.8 Å². The van der Waals surface area contributed by atoms with Crippen LogP contribution in [0.4, 0.5) is 0 Å². The Morgan fingerprint density at radius 2 is 1.32 bits per heavy atom. The fourth-order valence-corrected chi connectivity index (χ4v) is 2.28. The number of benzene rings is 1. The van der Waals surface area contributed by atoms with Gasteiger partial charge in [-0.1, -0.05) is 12.1 Å². The van der Waals surface area contributed by atoms with E-state index in [0.29, 0.717) is 13.2 Å². The second kappa shape index (κ2) is 5.69. The average Bonchev–Trinajstić information content (AvgIpc) is 2.96. The summed E-state index contributed by atoms with van der Waals surface area (Å²) < 4.78 is 10.6. The third kappa shape index (κ3) is 2.84. The van der Waals surface area contributed by atoms with Crippen molar-refractivity contribution in [3.05, 3.63) is 47.8 Å². The summed E-state index contributed by atoms with van der Waals surface area (Å²) in [6.07, 6.45) is 7.43. The summed E-state index contributed by atoms with van der Waals surface area (Å²) in [5.74, 6) is 1.71. The third-order valence-corrected chi connectivity index (χ3v) is 3.25. The Hall–Kier alpha value is -2.10. The van der Waals surface area contributed by atoms with Crippen molar-refractivity contribution in [1.29, 1.82) is 0 Å². The van der Waals surface area contributed by atoms with Crippen LogP contribution in [0.2, 0.25) is 0 Å². The fraction of sp³-hybridized carbons (Fsp3) is 0.333. The van der Waals surface area contributed by atoms with E-state index in [9.17, 15) is 0 Å². The molecule has 0 saturated heterocycles. The van der Waals surface area contributed by atoms with Gasteiger partial charge in [-0.25, -0.2) is 0 Å². The molecule has 0 N–H and O–H groups in total. The van der Waals surface area contributed by atoms with Crippen LogP contribution in [0.15, 0.2) is 36.7 Å². The van der Waals surface area contributed by atoms with E-state index in [2.05, 4.69) is 10.2 Å². The molecule has 0 unspecified atom stereocenters. The van der Waals surface area contributed by atoms with Crippen LogP contribution in [0.5, 0.6) is 11.5 Å². The zero-order valence-electron chi connectivity index (χ0n) is 10.7. The first-order chi connectivity index (χ1) is 9.43. The smallest absolute Gasteiger partial charge is 0.161 e. The van der Waals surface area contributed by atoms with E-state index in [1.54, 1.807) is 0 Å². The van der Waals surface area contributed by atoms with Crippen LogP contribution in [0, 0.1) is 0 Å². The van der Waals surface area contributed by atoms with E-state index in [4.69, 9.17) is 9.47 Å². The molecule has 4 nitrogen and oxygen atoms in total. The largest absolute Gasteiger partial charge is 0.486 e. The maximum Gasteiger partial charge on any atom is 0.161 e. The predicted molar refractivity (Wildman–Crippen MR) is 71.5 cm³/mol. The van der Waals surface area contributed by atoms with Gasteiger partial charge in [-0.15, -0.1) is 0 Å². The molecule has 2 aromatic rings. The van der Waals surface area contributed by atoms with E-state index in [1.165, 1.54) is 30.4 Å². The maximum atomic E-state index is 5.30. The molecule has 4 rings (SSSR count). The van der Waals surface area contributed by atoms with Crippen molar-refractivity contribution in [2.45, 2.75) is 19.3 Å². The Labute approximate surface area is 112 Å². The second-order valence-corrected chi connectivity index (χ2v) is 4.54. The molecule has 1 aliphatic carbocycles. The Morgan fingerprint density at radius 3 is 1.84 bits per heavy atom. The number of aromatic nitrogens is 2. The Morgan fingerprint density at radius 1 is 0.789 bits per heavy atom. The molecule has 0 atom stereocenters. The molecule has 19 heavy (non-hydrogen) atoms. The molecule has 0 fully saturated rings. The van der Waals surface area contributed by atoms with Crippen molar-refractivity contribution in [3.63, 3.8) is 0 Å². The molecule has 0 amide bonds. The molecule has 0 bridgehead atoms. The summed E-state index contributed by atoms with van der Waals surface area (Å²) in [5.41, 5.74) is 2.79. The SMILES string of the molecule is c1ccc2c(c1)OCCO2.c1nncc2c1CCC2. The highest BCUT2D eigenvalue weighted by Gasteiger charge is 2.09. The van der Waals surface area contributed by atoms with Gasteiger partial charge in [0.1, 0.15) is 13.2 Å². The van der Waals surface area contributed by atoms with Gasteiger partial charge in [0.15, 0.2) is 11.5 Å². The summed E-state index contributed by atoms with van der Waals surface area (Å²) in [5, 5.41) is 7.61. The number of nitrogens with zero attached hydrogens (tertiary/aromatic N) is 2. The number of fused-ring (bicyclic) bond motifs is 2. The summed E-state index contributed by atoms with van der Waals surface area (Å²) in [6, 6.07) is 7.70. The summed E-state index contributed by atoms with van der Waals surface area (Å²) in [6.45, 7) is 1.33. The first kappa shape index (κ1) is 12.0. The van der Waals surface area contributed by atoms with Gasteiger partial charge < -0.3 is 9.47 Å². The molecule has 0 spiro atoms. The monoisotopic (exact) mass is 256 g/mol. The minimum absolute atomic E-state index is 0.664. The standard InChI is InChI=1S/C8H8O2.C7H8N2/c1-2-4-8-7(3-1)9-5-6-10-8;1-2-6-4-8-9-5-7(6)3-1/h1-4H,5-6H2;4-5H,1-3H2. The van der Waals surface area contributed by atoms with Crippen molar-refractivity contribution in [1.82, 2.24) is 10.2 Å². The van der Waals surface area contributed by atoms with E-state index >= 15 is 0 Å². The normalized spacial score (nSPS) is 15.2. The Bertz CT molecular complexity index is 509. The van der Waals surface area contributed by atoms with E-state index < -0.39 is 0 Å². The summed E-state index contributed by atoms with van der Waals surface area (Å²) in [4.78, 5) is 0. The first-order valence-corrected chi connectivity index (χ1v) is 6.56. The number of hydrogen-bond acceptors (Lipinski definition) is 4. The highest BCUT2D eigenvalue weighted by atomic mass is 16.6. The van der Waals surface area contributed by atoms with Crippen LogP contribution in [0.3, 0.4) is 0 Å². The quantitative estimate of drug-likeness (QED) is 0.726. The molecule has 0 saturated carbocycles. The van der Waals surface area contributed by atoms with E-state index in [0.717, 1.165) is 11.5 Å². The second-order valence-electron chi connectivity index (χ2n) is 4.54. The topological polar surface area (TPSA) is 44.2 Å². The lowest BCUT2D eigenvalue weighted by molar-refractivity contribution is 0.171. The van der Waals surface area contributed by atoms with Gasteiger partial charge in [0, 0.05) is 0 Å². The molecular formula is C15H16N2O2. The molecule has 98 valence electrons. The number of ether oxygens (including phenoxy) is 2. The van der Waals surface area contributed by atoms with Crippen LogP contribution in [0.25, 0.3) is 0 Å². The van der Waals surface area contributed by atoms with E-state index in [-0.39, 0.29) is 0 Å². The highest BCUT2D eigenvalue weighted by molar-refractivity contribution is 5.40. The molecule has 2 heterocycles. The van der Waals surface area contributed by atoms with Crippen molar-refractivity contribution in [2.75, 3.05) is 13.2 Å². The predicted octanol–water partition coefficient (Wildman–Crippen LogP) is 2.42. The van der Waals surface area contributed by atoms with Crippen LogP contribution >= 0.6 is 0 Å². The third-order valence-electron chi connectivity index (χ3n) is 3.25. The van der Waals surface area contributed by atoms with Crippen LogP contribution < -0.4 is 9.47 Å². The fourth-order valence-electron chi connectivity index (χ4n) is 2.28. The first-order valence-electron chi connectivity index (χ1n) is 6.56. The van der Waals surface area contributed by atoms with Gasteiger partial charge in [-0.05, 0) is 42.5 Å². The molecule has 1 aliphatic heterocycles. The van der Waals surface area contributed by atoms with Gasteiger partial charge >= 0.3 is 0 Å². The van der Waals surface area contributed by atoms with Crippen LogP contribution in [-0.4, -0.2) is 23.4 Å². The molecule has 4 heteroatoms. The zero-order chi connectivity index (χ0) is 12.9. The molecular weight excluding hydrogens is 240 g/mol. The summed E-state index contributed by atoms with van der Waals surface area (Å²) >= 11 is 0. The number of hydrogen-bond donors (Lipinski definition) is 0. The Balaban J connectivity index is 0.000000117. The maximum absolute atomic E-state index is 5.30. The highest BCUT2D eigenvalue weighted by Crippen LogP contribution is 2.28. The molecule has 0 radical (unpaired) electrons. The van der Waals surface area contributed by atoms with Gasteiger partial charge in [-0.3, -0.25) is 0 Å². The van der Waals surface area contributed by atoms with Crippen molar-refractivity contribution in [3.8, 4) is 11.5 Å². The molecule has 1 aromatic heterocycles. The number of rotatable bonds is 0. The lowest BCUT2D eigenvalue weighted by Gasteiger charge is -2.17.